The van der Waals surface area contributed by atoms with Crippen LogP contribution in [0.3, 0.4) is 0 Å². The van der Waals surface area contributed by atoms with E-state index in [1.165, 1.54) is 0 Å². The minimum atomic E-state index is -0.409. The molecule has 1 aliphatic carbocycles. The van der Waals surface area contributed by atoms with Crippen LogP contribution in [0.25, 0.3) is 0 Å². The molecule has 0 saturated heterocycles. The van der Waals surface area contributed by atoms with Gasteiger partial charge in [0.1, 0.15) is 5.60 Å². The summed E-state index contributed by atoms with van der Waals surface area (Å²) in [7, 11) is 0. The van der Waals surface area contributed by atoms with E-state index in [9.17, 15) is 4.79 Å². The summed E-state index contributed by atoms with van der Waals surface area (Å²) >= 11 is 0. The molecule has 1 unspecified atom stereocenters. The van der Waals surface area contributed by atoms with Gasteiger partial charge in [0.2, 0.25) is 0 Å². The predicted molar refractivity (Wildman–Crippen MR) is 65.5 cm³/mol. The first-order valence-electron chi connectivity index (χ1n) is 6.04. The van der Waals surface area contributed by atoms with Crippen LogP contribution in [0.4, 0.5) is 0 Å². The van der Waals surface area contributed by atoms with Crippen LogP contribution in [0.1, 0.15) is 39.3 Å². The summed E-state index contributed by atoms with van der Waals surface area (Å²) in [5.74, 6) is 0.440. The van der Waals surface area contributed by atoms with E-state index in [0.717, 1.165) is 5.69 Å². The van der Waals surface area contributed by atoms with E-state index in [0.29, 0.717) is 5.92 Å². The van der Waals surface area contributed by atoms with Crippen LogP contribution >= 0.6 is 0 Å². The Labute approximate surface area is 102 Å². The lowest BCUT2D eigenvalue weighted by Gasteiger charge is -2.19. The van der Waals surface area contributed by atoms with Crippen molar-refractivity contribution in [1.29, 1.82) is 0 Å². The van der Waals surface area contributed by atoms with Crippen molar-refractivity contribution in [3.05, 3.63) is 30.1 Å². The second-order valence-electron chi connectivity index (χ2n) is 5.70. The summed E-state index contributed by atoms with van der Waals surface area (Å²) in [6.07, 6.45) is 1.77. The number of carbonyl (C=O) groups excluding carboxylic acids is 1. The molecule has 1 aromatic heterocycles. The van der Waals surface area contributed by atoms with Gasteiger partial charge >= 0.3 is 5.97 Å². The first-order valence-corrected chi connectivity index (χ1v) is 6.04. The highest BCUT2D eigenvalue weighted by Gasteiger charge is 2.54. The van der Waals surface area contributed by atoms with Crippen LogP contribution in [0.5, 0.6) is 0 Å². The van der Waals surface area contributed by atoms with Crippen molar-refractivity contribution in [1.82, 2.24) is 4.98 Å². The Morgan fingerprint density at radius 2 is 2.06 bits per heavy atom. The Hall–Kier alpha value is -1.38. The number of aromatic nitrogens is 1. The van der Waals surface area contributed by atoms with Gasteiger partial charge in [0.05, 0.1) is 5.92 Å². The van der Waals surface area contributed by atoms with Gasteiger partial charge in [-0.15, -0.1) is 0 Å². The SMILES string of the molecule is C[C@H]1C(c2ccccn2)[C@@H]1C(=O)OC(C)(C)C. The molecular formula is C14H19NO2. The number of hydrogen-bond donors (Lipinski definition) is 0. The maximum absolute atomic E-state index is 12.0. The van der Waals surface area contributed by atoms with E-state index in [1.807, 2.05) is 39.0 Å². The summed E-state index contributed by atoms with van der Waals surface area (Å²) < 4.78 is 5.42. The fourth-order valence-electron chi connectivity index (χ4n) is 2.22. The maximum Gasteiger partial charge on any atom is 0.310 e. The summed E-state index contributed by atoms with van der Waals surface area (Å²) in [6, 6.07) is 5.82. The van der Waals surface area contributed by atoms with Gasteiger partial charge < -0.3 is 4.74 Å². The summed E-state index contributed by atoms with van der Waals surface area (Å²) in [5.41, 5.74) is 0.587. The Bertz CT molecular complexity index is 408. The van der Waals surface area contributed by atoms with Crippen LogP contribution < -0.4 is 0 Å². The summed E-state index contributed by atoms with van der Waals surface area (Å²) in [4.78, 5) is 16.3. The second kappa shape index (κ2) is 4.13. The Balaban J connectivity index is 2.04. The third-order valence-electron chi connectivity index (χ3n) is 3.09. The van der Waals surface area contributed by atoms with Gasteiger partial charge in [-0.2, -0.15) is 0 Å². The Morgan fingerprint density at radius 3 is 2.59 bits per heavy atom. The highest BCUT2D eigenvalue weighted by molar-refractivity contribution is 5.78. The van der Waals surface area contributed by atoms with Crippen molar-refractivity contribution >= 4 is 5.97 Å². The topological polar surface area (TPSA) is 39.2 Å². The minimum Gasteiger partial charge on any atom is -0.460 e. The molecule has 0 amide bonds. The van der Waals surface area contributed by atoms with Crippen LogP contribution in [-0.2, 0) is 9.53 Å². The summed E-state index contributed by atoms with van der Waals surface area (Å²) in [6.45, 7) is 7.77. The van der Waals surface area contributed by atoms with Crippen molar-refractivity contribution in [3.8, 4) is 0 Å². The van der Waals surface area contributed by atoms with Gasteiger partial charge in [0.15, 0.2) is 0 Å². The molecule has 0 spiro atoms. The number of pyridine rings is 1. The molecule has 1 aromatic rings. The van der Waals surface area contributed by atoms with Crippen molar-refractivity contribution in [2.75, 3.05) is 0 Å². The highest BCUT2D eigenvalue weighted by atomic mass is 16.6. The first kappa shape index (κ1) is 12.1. The molecule has 0 N–H and O–H groups in total. The van der Waals surface area contributed by atoms with Gasteiger partial charge in [0, 0.05) is 17.8 Å². The molecule has 3 nitrogen and oxygen atoms in total. The third-order valence-corrected chi connectivity index (χ3v) is 3.09. The molecule has 0 aromatic carbocycles. The van der Waals surface area contributed by atoms with E-state index in [2.05, 4.69) is 11.9 Å². The largest absolute Gasteiger partial charge is 0.460 e. The van der Waals surface area contributed by atoms with Crippen molar-refractivity contribution in [2.45, 2.75) is 39.2 Å². The lowest BCUT2D eigenvalue weighted by atomic mass is 10.2. The van der Waals surface area contributed by atoms with Crippen LogP contribution in [0.2, 0.25) is 0 Å². The van der Waals surface area contributed by atoms with Gasteiger partial charge in [-0.3, -0.25) is 9.78 Å². The number of nitrogens with zero attached hydrogens (tertiary/aromatic N) is 1. The molecule has 0 radical (unpaired) electrons. The molecular weight excluding hydrogens is 214 g/mol. The zero-order valence-electron chi connectivity index (χ0n) is 10.8. The molecule has 2 rings (SSSR count). The smallest absolute Gasteiger partial charge is 0.310 e. The van der Waals surface area contributed by atoms with Gasteiger partial charge in [-0.25, -0.2) is 0 Å². The Morgan fingerprint density at radius 1 is 1.35 bits per heavy atom. The van der Waals surface area contributed by atoms with Gasteiger partial charge in [-0.1, -0.05) is 13.0 Å². The molecule has 1 fully saturated rings. The number of carbonyl (C=O) groups is 1. The van der Waals surface area contributed by atoms with Crippen LogP contribution in [-0.4, -0.2) is 16.6 Å². The molecule has 1 saturated carbocycles. The van der Waals surface area contributed by atoms with Crippen molar-refractivity contribution < 1.29 is 9.53 Å². The number of esters is 1. The monoisotopic (exact) mass is 233 g/mol. The minimum absolute atomic E-state index is 0.0240. The second-order valence-corrected chi connectivity index (χ2v) is 5.70. The molecule has 17 heavy (non-hydrogen) atoms. The maximum atomic E-state index is 12.0. The molecule has 1 heterocycles. The molecule has 0 bridgehead atoms. The zero-order valence-corrected chi connectivity index (χ0v) is 10.8. The fraction of sp³-hybridized carbons (Fsp3) is 0.571. The van der Waals surface area contributed by atoms with E-state index in [4.69, 9.17) is 4.74 Å². The normalized spacial score (nSPS) is 27.6. The lowest BCUT2D eigenvalue weighted by Crippen LogP contribution is -2.25. The van der Waals surface area contributed by atoms with Crippen molar-refractivity contribution in [3.63, 3.8) is 0 Å². The fourth-order valence-corrected chi connectivity index (χ4v) is 2.22. The molecule has 3 heteroatoms. The summed E-state index contributed by atoms with van der Waals surface area (Å²) in [5, 5.41) is 0. The molecule has 1 aliphatic rings. The molecule has 92 valence electrons. The first-order chi connectivity index (χ1) is 7.90. The molecule has 3 atom stereocenters. The number of ether oxygens (including phenoxy) is 1. The number of hydrogen-bond acceptors (Lipinski definition) is 3. The standard InChI is InChI=1S/C14H19NO2/c1-9-11(10-7-5-6-8-15-10)12(9)13(16)17-14(2,3)4/h5-9,11-12H,1-4H3/t9-,11?,12+/m0/s1. The van der Waals surface area contributed by atoms with Crippen molar-refractivity contribution in [2.24, 2.45) is 11.8 Å². The predicted octanol–water partition coefficient (Wildman–Crippen LogP) is 2.77. The van der Waals surface area contributed by atoms with Gasteiger partial charge in [0.25, 0.3) is 0 Å². The van der Waals surface area contributed by atoms with Gasteiger partial charge in [-0.05, 0) is 38.8 Å². The van der Waals surface area contributed by atoms with E-state index in [1.54, 1.807) is 6.20 Å². The molecule has 0 aliphatic heterocycles. The Kier molecular flexibility index (Phi) is 2.94. The zero-order chi connectivity index (χ0) is 12.6. The van der Waals surface area contributed by atoms with E-state index in [-0.39, 0.29) is 17.8 Å². The lowest BCUT2D eigenvalue weighted by molar-refractivity contribution is -0.156. The van der Waals surface area contributed by atoms with Crippen LogP contribution in [0, 0.1) is 11.8 Å². The third kappa shape index (κ3) is 2.65. The highest BCUT2D eigenvalue weighted by Crippen LogP contribution is 2.53. The van der Waals surface area contributed by atoms with E-state index < -0.39 is 5.60 Å². The quantitative estimate of drug-likeness (QED) is 0.737. The number of rotatable bonds is 2. The average molecular weight is 233 g/mol. The average Bonchev–Trinajstić information content (AvgIpc) is 2.89. The van der Waals surface area contributed by atoms with E-state index >= 15 is 0 Å². The van der Waals surface area contributed by atoms with Crippen LogP contribution in [0.15, 0.2) is 24.4 Å².